The minimum absolute atomic E-state index is 0.527. The van der Waals surface area contributed by atoms with Crippen LogP contribution in [0.3, 0.4) is 0 Å². The van der Waals surface area contributed by atoms with Crippen LogP contribution in [0, 0.1) is 0 Å². The Hall–Kier alpha value is -2.44. The predicted molar refractivity (Wildman–Crippen MR) is 105 cm³/mol. The third kappa shape index (κ3) is 3.71. The van der Waals surface area contributed by atoms with Gasteiger partial charge in [-0.05, 0) is 30.7 Å². The summed E-state index contributed by atoms with van der Waals surface area (Å²) in [5, 5.41) is 0.858. The molecule has 1 aliphatic heterocycles. The van der Waals surface area contributed by atoms with Crippen LogP contribution in [-0.2, 0) is 0 Å². The SMILES string of the molecule is C=C(/C=C\CN1CC[C@@H](F)C1)c1nc2nc(-c3cccnc3)ccc2s1. The molecule has 1 saturated heterocycles. The minimum atomic E-state index is -0.684. The van der Waals surface area contributed by atoms with Crippen LogP contribution in [0.15, 0.2) is 55.4 Å². The number of nitrogens with zero attached hydrogens (tertiary/aromatic N) is 4. The smallest absolute Gasteiger partial charge is 0.171 e. The largest absolute Gasteiger partial charge is 0.297 e. The van der Waals surface area contributed by atoms with Crippen molar-refractivity contribution < 1.29 is 4.39 Å². The van der Waals surface area contributed by atoms with Gasteiger partial charge in [-0.25, -0.2) is 14.4 Å². The van der Waals surface area contributed by atoms with Crippen LogP contribution in [0.1, 0.15) is 11.4 Å². The lowest BCUT2D eigenvalue weighted by Gasteiger charge is -2.10. The highest BCUT2D eigenvalue weighted by Crippen LogP contribution is 2.28. The quantitative estimate of drug-likeness (QED) is 0.629. The number of pyridine rings is 2. The Morgan fingerprint density at radius 3 is 3.04 bits per heavy atom. The Kier molecular flexibility index (Phi) is 4.86. The van der Waals surface area contributed by atoms with Crippen LogP contribution in [-0.4, -0.2) is 45.7 Å². The summed E-state index contributed by atoms with van der Waals surface area (Å²) in [4.78, 5) is 15.5. The number of thiazole rings is 1. The van der Waals surface area contributed by atoms with E-state index in [9.17, 15) is 4.39 Å². The number of allylic oxidation sites excluding steroid dienone is 2. The van der Waals surface area contributed by atoms with Gasteiger partial charge in [-0.15, -0.1) is 11.3 Å². The summed E-state index contributed by atoms with van der Waals surface area (Å²) in [6.45, 7) is 6.20. The second-order valence-electron chi connectivity index (χ2n) is 6.35. The first-order valence-corrected chi connectivity index (χ1v) is 9.41. The van der Waals surface area contributed by atoms with E-state index in [0.29, 0.717) is 13.0 Å². The van der Waals surface area contributed by atoms with Crippen molar-refractivity contribution in [2.75, 3.05) is 19.6 Å². The molecule has 26 heavy (non-hydrogen) atoms. The number of fused-ring (bicyclic) bond motifs is 1. The maximum atomic E-state index is 13.2. The van der Waals surface area contributed by atoms with Crippen molar-refractivity contribution in [2.45, 2.75) is 12.6 Å². The maximum Gasteiger partial charge on any atom is 0.171 e. The zero-order chi connectivity index (χ0) is 17.9. The van der Waals surface area contributed by atoms with Gasteiger partial charge in [0.05, 0.1) is 10.4 Å². The van der Waals surface area contributed by atoms with Crippen molar-refractivity contribution in [2.24, 2.45) is 0 Å². The first kappa shape index (κ1) is 17.0. The molecule has 0 spiro atoms. The van der Waals surface area contributed by atoms with Gasteiger partial charge in [0, 0.05) is 43.2 Å². The van der Waals surface area contributed by atoms with Crippen LogP contribution in [0.4, 0.5) is 4.39 Å². The van der Waals surface area contributed by atoms with E-state index in [1.54, 1.807) is 23.7 Å². The molecule has 4 rings (SSSR count). The Balaban J connectivity index is 1.49. The average Bonchev–Trinajstić information content (AvgIpc) is 3.27. The van der Waals surface area contributed by atoms with Crippen molar-refractivity contribution in [1.29, 1.82) is 0 Å². The zero-order valence-corrected chi connectivity index (χ0v) is 15.1. The first-order valence-electron chi connectivity index (χ1n) is 8.59. The van der Waals surface area contributed by atoms with E-state index in [-0.39, 0.29) is 0 Å². The van der Waals surface area contributed by atoms with E-state index < -0.39 is 6.17 Å². The van der Waals surface area contributed by atoms with Gasteiger partial charge in [-0.3, -0.25) is 9.88 Å². The normalized spacial score (nSPS) is 18.1. The fourth-order valence-electron chi connectivity index (χ4n) is 3.00. The summed E-state index contributed by atoms with van der Waals surface area (Å²) in [5.74, 6) is 0. The average molecular weight is 366 g/mol. The summed E-state index contributed by atoms with van der Waals surface area (Å²) >= 11 is 1.58. The molecule has 0 amide bonds. The van der Waals surface area contributed by atoms with Crippen molar-refractivity contribution in [3.05, 3.63) is 60.4 Å². The first-order chi connectivity index (χ1) is 12.7. The number of halogens is 1. The molecule has 0 aromatic carbocycles. The standard InChI is InChI=1S/C20H19FN4S/c1-14(4-3-10-25-11-8-16(21)13-25)20-24-19-18(26-20)7-6-17(23-19)15-5-2-9-22-12-15/h2-7,9,12,16H,1,8,10-11,13H2/b4-3-/t16-/m1/s1. The molecule has 0 aliphatic carbocycles. The van der Waals surface area contributed by atoms with Crippen molar-refractivity contribution in [1.82, 2.24) is 19.9 Å². The van der Waals surface area contributed by atoms with Crippen LogP contribution in [0.2, 0.25) is 0 Å². The topological polar surface area (TPSA) is 41.9 Å². The number of hydrogen-bond donors (Lipinski definition) is 0. The van der Waals surface area contributed by atoms with E-state index in [2.05, 4.69) is 26.4 Å². The Labute approximate surface area is 155 Å². The molecule has 3 aromatic rings. The molecular weight excluding hydrogens is 347 g/mol. The molecule has 4 heterocycles. The Morgan fingerprint density at radius 1 is 1.35 bits per heavy atom. The highest BCUT2D eigenvalue weighted by Gasteiger charge is 2.20. The third-order valence-corrected chi connectivity index (χ3v) is 5.47. The molecule has 1 aliphatic rings. The summed E-state index contributed by atoms with van der Waals surface area (Å²) in [7, 11) is 0. The zero-order valence-electron chi connectivity index (χ0n) is 14.3. The fraction of sp³-hybridized carbons (Fsp3) is 0.250. The van der Waals surface area contributed by atoms with Gasteiger partial charge >= 0.3 is 0 Å². The second kappa shape index (κ2) is 7.43. The molecule has 0 bridgehead atoms. The molecule has 132 valence electrons. The fourth-order valence-corrected chi connectivity index (χ4v) is 3.86. The van der Waals surface area contributed by atoms with E-state index >= 15 is 0 Å². The molecule has 6 heteroatoms. The van der Waals surface area contributed by atoms with Gasteiger partial charge < -0.3 is 0 Å². The lowest BCUT2D eigenvalue weighted by molar-refractivity contribution is 0.306. The second-order valence-corrected chi connectivity index (χ2v) is 7.38. The summed E-state index contributed by atoms with van der Waals surface area (Å²) in [5.41, 5.74) is 3.41. The molecule has 0 unspecified atom stereocenters. The van der Waals surface area contributed by atoms with Crippen molar-refractivity contribution in [3.8, 4) is 11.3 Å². The van der Waals surface area contributed by atoms with Crippen LogP contribution in [0.25, 0.3) is 27.2 Å². The van der Waals surface area contributed by atoms with Crippen LogP contribution in [0.5, 0.6) is 0 Å². The molecule has 0 saturated carbocycles. The molecular formula is C20H19FN4S. The van der Waals surface area contributed by atoms with Gasteiger partial charge in [-0.1, -0.05) is 18.7 Å². The Bertz CT molecular complexity index is 951. The number of rotatable bonds is 5. The molecule has 4 nitrogen and oxygen atoms in total. The maximum absolute atomic E-state index is 13.2. The molecule has 0 radical (unpaired) electrons. The molecule has 3 aromatic heterocycles. The van der Waals surface area contributed by atoms with Crippen molar-refractivity contribution in [3.63, 3.8) is 0 Å². The third-order valence-electron chi connectivity index (χ3n) is 4.38. The summed E-state index contributed by atoms with van der Waals surface area (Å²) < 4.78 is 14.2. The Morgan fingerprint density at radius 2 is 2.27 bits per heavy atom. The van der Waals surface area contributed by atoms with E-state index in [1.807, 2.05) is 36.4 Å². The van der Waals surface area contributed by atoms with E-state index in [4.69, 9.17) is 0 Å². The van der Waals surface area contributed by atoms with Crippen LogP contribution >= 0.6 is 11.3 Å². The summed E-state index contributed by atoms with van der Waals surface area (Å²) in [6, 6.07) is 7.90. The minimum Gasteiger partial charge on any atom is -0.297 e. The molecule has 0 N–H and O–H groups in total. The highest BCUT2D eigenvalue weighted by atomic mass is 32.1. The molecule has 1 atom stereocenters. The lowest BCUT2D eigenvalue weighted by Crippen LogP contribution is -2.20. The number of likely N-dealkylation sites (tertiary alicyclic amines) is 1. The van der Waals surface area contributed by atoms with Gasteiger partial charge in [0.25, 0.3) is 0 Å². The van der Waals surface area contributed by atoms with E-state index in [1.165, 1.54) is 0 Å². The number of alkyl halides is 1. The van der Waals surface area contributed by atoms with Gasteiger partial charge in [0.2, 0.25) is 0 Å². The predicted octanol–water partition coefficient (Wildman–Crippen LogP) is 4.37. The lowest BCUT2D eigenvalue weighted by atomic mass is 10.2. The highest BCUT2D eigenvalue weighted by molar-refractivity contribution is 7.19. The van der Waals surface area contributed by atoms with Crippen molar-refractivity contribution >= 4 is 27.3 Å². The van der Waals surface area contributed by atoms with Gasteiger partial charge in [0.1, 0.15) is 11.2 Å². The number of hydrogen-bond acceptors (Lipinski definition) is 5. The van der Waals surface area contributed by atoms with Gasteiger partial charge in [0.15, 0.2) is 5.65 Å². The molecule has 1 fully saturated rings. The van der Waals surface area contributed by atoms with E-state index in [0.717, 1.165) is 45.3 Å². The van der Waals surface area contributed by atoms with Gasteiger partial charge in [-0.2, -0.15) is 0 Å². The van der Waals surface area contributed by atoms with Crippen LogP contribution < -0.4 is 0 Å². The summed E-state index contributed by atoms with van der Waals surface area (Å²) in [6.07, 6.45) is 7.48. The monoisotopic (exact) mass is 366 g/mol. The number of aromatic nitrogens is 3.